The minimum atomic E-state index is -0.0879. The Balaban J connectivity index is 2.25. The number of rotatable bonds is 10. The van der Waals surface area contributed by atoms with Crippen LogP contribution in [0.25, 0.3) is 0 Å². The van der Waals surface area contributed by atoms with Crippen molar-refractivity contribution < 1.29 is 19.0 Å². The fraction of sp³-hybridized carbons (Fsp3) is 0.588. The van der Waals surface area contributed by atoms with Gasteiger partial charge < -0.3 is 14.2 Å². The van der Waals surface area contributed by atoms with E-state index in [1.54, 1.807) is 14.2 Å². The molecular weight excluding hydrogens is 268 g/mol. The number of carbonyl (C=O) groups is 1. The van der Waals surface area contributed by atoms with E-state index in [4.69, 9.17) is 14.2 Å². The lowest BCUT2D eigenvalue weighted by atomic mass is 10.0. The molecule has 0 saturated carbocycles. The number of hydrogen-bond acceptors (Lipinski definition) is 4. The van der Waals surface area contributed by atoms with Gasteiger partial charge in [-0.15, -0.1) is 0 Å². The molecule has 1 rings (SSSR count). The Morgan fingerprint density at radius 2 is 1.57 bits per heavy atom. The molecule has 0 saturated heterocycles. The van der Waals surface area contributed by atoms with Gasteiger partial charge in [-0.3, -0.25) is 4.79 Å². The summed E-state index contributed by atoms with van der Waals surface area (Å²) in [6, 6.07) is 5.96. The predicted octanol–water partition coefficient (Wildman–Crippen LogP) is 3.76. The summed E-state index contributed by atoms with van der Waals surface area (Å²) in [5.74, 6) is 1.56. The molecule has 0 aliphatic heterocycles. The molecule has 0 aliphatic rings. The Labute approximate surface area is 127 Å². The van der Waals surface area contributed by atoms with Gasteiger partial charge in [0, 0.05) is 12.5 Å². The maximum Gasteiger partial charge on any atom is 0.305 e. The largest absolute Gasteiger partial charge is 0.497 e. The van der Waals surface area contributed by atoms with Crippen LogP contribution in [0.4, 0.5) is 0 Å². The molecule has 4 heteroatoms. The highest BCUT2D eigenvalue weighted by Gasteiger charge is 2.03. The van der Waals surface area contributed by atoms with E-state index in [1.807, 2.05) is 25.1 Å². The highest BCUT2D eigenvalue weighted by atomic mass is 16.5. The zero-order valence-corrected chi connectivity index (χ0v) is 13.3. The van der Waals surface area contributed by atoms with E-state index in [-0.39, 0.29) is 5.97 Å². The number of unbranched alkanes of at least 4 members (excludes halogenated alkanes) is 3. The molecule has 21 heavy (non-hydrogen) atoms. The minimum absolute atomic E-state index is 0.0879. The van der Waals surface area contributed by atoms with Crippen molar-refractivity contribution in [1.82, 2.24) is 0 Å². The molecule has 0 atom stereocenters. The number of hydrogen-bond donors (Lipinski definition) is 0. The van der Waals surface area contributed by atoms with E-state index < -0.39 is 0 Å². The lowest BCUT2D eigenvalue weighted by Gasteiger charge is -2.08. The fourth-order valence-electron chi connectivity index (χ4n) is 2.20. The average molecular weight is 294 g/mol. The molecule has 1 aromatic carbocycles. The van der Waals surface area contributed by atoms with Gasteiger partial charge >= 0.3 is 5.97 Å². The van der Waals surface area contributed by atoms with Gasteiger partial charge in [0.25, 0.3) is 0 Å². The van der Waals surface area contributed by atoms with Gasteiger partial charge in [0.2, 0.25) is 0 Å². The number of aryl methyl sites for hydroxylation is 1. The van der Waals surface area contributed by atoms with Crippen molar-refractivity contribution in [1.29, 1.82) is 0 Å². The van der Waals surface area contributed by atoms with Gasteiger partial charge in [-0.05, 0) is 43.9 Å². The first-order chi connectivity index (χ1) is 10.2. The second kappa shape index (κ2) is 10.1. The molecule has 0 N–H and O–H groups in total. The van der Waals surface area contributed by atoms with Crippen LogP contribution in [0, 0.1) is 0 Å². The van der Waals surface area contributed by atoms with Gasteiger partial charge in [0.1, 0.15) is 11.5 Å². The van der Waals surface area contributed by atoms with Crippen LogP contribution in [0.3, 0.4) is 0 Å². The monoisotopic (exact) mass is 294 g/mol. The lowest BCUT2D eigenvalue weighted by molar-refractivity contribution is -0.143. The molecule has 1 aromatic rings. The average Bonchev–Trinajstić information content (AvgIpc) is 2.50. The zero-order valence-electron chi connectivity index (χ0n) is 13.3. The summed E-state index contributed by atoms with van der Waals surface area (Å²) in [5.41, 5.74) is 1.22. The van der Waals surface area contributed by atoms with E-state index in [0.717, 1.165) is 43.6 Å². The highest BCUT2D eigenvalue weighted by molar-refractivity contribution is 5.69. The Bertz CT molecular complexity index is 407. The normalized spacial score (nSPS) is 10.2. The predicted molar refractivity (Wildman–Crippen MR) is 83.0 cm³/mol. The van der Waals surface area contributed by atoms with Crippen LogP contribution in [0.2, 0.25) is 0 Å². The second-order valence-corrected chi connectivity index (χ2v) is 4.94. The number of methoxy groups -OCH3 is 2. The van der Waals surface area contributed by atoms with E-state index >= 15 is 0 Å². The Hall–Kier alpha value is -1.71. The molecule has 4 nitrogen and oxygen atoms in total. The van der Waals surface area contributed by atoms with Crippen LogP contribution >= 0.6 is 0 Å². The smallest absolute Gasteiger partial charge is 0.305 e. The van der Waals surface area contributed by atoms with Crippen molar-refractivity contribution in [3.8, 4) is 11.5 Å². The Morgan fingerprint density at radius 1 is 0.952 bits per heavy atom. The molecule has 0 unspecified atom stereocenters. The molecule has 0 amide bonds. The van der Waals surface area contributed by atoms with E-state index in [0.29, 0.717) is 13.0 Å². The number of ether oxygens (including phenoxy) is 3. The molecular formula is C17H26O4. The topological polar surface area (TPSA) is 44.8 Å². The first-order valence-corrected chi connectivity index (χ1v) is 7.57. The van der Waals surface area contributed by atoms with Crippen molar-refractivity contribution in [2.45, 2.75) is 45.4 Å². The molecule has 0 fully saturated rings. The van der Waals surface area contributed by atoms with E-state index in [1.165, 1.54) is 5.56 Å². The lowest BCUT2D eigenvalue weighted by Crippen LogP contribution is -2.03. The number of benzene rings is 1. The second-order valence-electron chi connectivity index (χ2n) is 4.94. The van der Waals surface area contributed by atoms with Gasteiger partial charge in [-0.1, -0.05) is 12.8 Å². The quantitative estimate of drug-likeness (QED) is 0.487. The van der Waals surface area contributed by atoms with E-state index in [9.17, 15) is 4.79 Å². The van der Waals surface area contributed by atoms with Crippen LogP contribution in [0.1, 0.15) is 44.6 Å². The zero-order chi connectivity index (χ0) is 15.5. The summed E-state index contributed by atoms with van der Waals surface area (Å²) in [6.07, 6.45) is 5.69. The summed E-state index contributed by atoms with van der Waals surface area (Å²) in [7, 11) is 3.32. The summed E-state index contributed by atoms with van der Waals surface area (Å²) in [5, 5.41) is 0. The molecule has 0 heterocycles. The van der Waals surface area contributed by atoms with Crippen molar-refractivity contribution in [3.63, 3.8) is 0 Å². The maximum absolute atomic E-state index is 11.2. The summed E-state index contributed by atoms with van der Waals surface area (Å²) < 4.78 is 15.4. The number of carbonyl (C=O) groups excluding carboxylic acids is 1. The summed E-state index contributed by atoms with van der Waals surface area (Å²) in [6.45, 7) is 2.30. The third-order valence-electron chi connectivity index (χ3n) is 3.31. The van der Waals surface area contributed by atoms with Gasteiger partial charge in [0.15, 0.2) is 0 Å². The first kappa shape index (κ1) is 17.3. The SMILES string of the molecule is CCOC(=O)CCCCCCc1cc(OC)cc(OC)c1. The molecule has 0 spiro atoms. The van der Waals surface area contributed by atoms with Crippen LogP contribution in [-0.4, -0.2) is 26.8 Å². The van der Waals surface area contributed by atoms with Crippen molar-refractivity contribution in [2.24, 2.45) is 0 Å². The third-order valence-corrected chi connectivity index (χ3v) is 3.31. The number of esters is 1. The van der Waals surface area contributed by atoms with Crippen LogP contribution in [-0.2, 0) is 16.0 Å². The minimum Gasteiger partial charge on any atom is -0.497 e. The fourth-order valence-corrected chi connectivity index (χ4v) is 2.20. The van der Waals surface area contributed by atoms with Crippen LogP contribution in [0.5, 0.6) is 11.5 Å². The van der Waals surface area contributed by atoms with Gasteiger partial charge in [0.05, 0.1) is 20.8 Å². The van der Waals surface area contributed by atoms with Crippen molar-refractivity contribution >= 4 is 5.97 Å². The molecule has 0 radical (unpaired) electrons. The highest BCUT2D eigenvalue weighted by Crippen LogP contribution is 2.23. The first-order valence-electron chi connectivity index (χ1n) is 7.57. The molecule has 0 aliphatic carbocycles. The van der Waals surface area contributed by atoms with Crippen LogP contribution in [0.15, 0.2) is 18.2 Å². The van der Waals surface area contributed by atoms with Crippen molar-refractivity contribution in [3.05, 3.63) is 23.8 Å². The molecule has 0 aromatic heterocycles. The van der Waals surface area contributed by atoms with Crippen molar-refractivity contribution in [2.75, 3.05) is 20.8 Å². The Morgan fingerprint density at radius 3 is 2.14 bits per heavy atom. The maximum atomic E-state index is 11.2. The van der Waals surface area contributed by atoms with Gasteiger partial charge in [-0.25, -0.2) is 0 Å². The summed E-state index contributed by atoms with van der Waals surface area (Å²) in [4.78, 5) is 11.2. The van der Waals surface area contributed by atoms with E-state index in [2.05, 4.69) is 0 Å². The molecule has 0 bridgehead atoms. The standard InChI is InChI=1S/C17H26O4/c1-4-21-17(18)10-8-6-5-7-9-14-11-15(19-2)13-16(12-14)20-3/h11-13H,4-10H2,1-3H3. The van der Waals surface area contributed by atoms with Gasteiger partial charge in [-0.2, -0.15) is 0 Å². The molecule has 118 valence electrons. The summed E-state index contributed by atoms with van der Waals surface area (Å²) >= 11 is 0. The Kier molecular flexibility index (Phi) is 8.32. The van der Waals surface area contributed by atoms with Crippen LogP contribution < -0.4 is 9.47 Å². The third kappa shape index (κ3) is 7.02.